The zero-order valence-electron chi connectivity index (χ0n) is 11.1. The molecule has 0 radical (unpaired) electrons. The number of pyridine rings is 1. The minimum atomic E-state index is -0.462. The third kappa shape index (κ3) is 3.00. The molecular formula is C14H9BrClN5O. The van der Waals surface area contributed by atoms with Gasteiger partial charge in [0.15, 0.2) is 0 Å². The van der Waals surface area contributed by atoms with E-state index in [9.17, 15) is 4.79 Å². The molecule has 0 aliphatic rings. The largest absolute Gasteiger partial charge is 0.317 e. The number of nitrogens with zero attached hydrogens (tertiary/aromatic N) is 4. The van der Waals surface area contributed by atoms with E-state index in [1.807, 2.05) is 30.3 Å². The molecule has 110 valence electrons. The van der Waals surface area contributed by atoms with Gasteiger partial charge in [-0.25, -0.2) is 9.67 Å². The molecule has 2 aromatic heterocycles. The predicted molar refractivity (Wildman–Crippen MR) is 86.3 cm³/mol. The van der Waals surface area contributed by atoms with Crippen LogP contribution in [0.4, 0.5) is 5.69 Å². The molecule has 2 heterocycles. The highest BCUT2D eigenvalue weighted by molar-refractivity contribution is 9.10. The number of halogens is 2. The third-order valence-electron chi connectivity index (χ3n) is 2.80. The molecule has 0 aliphatic carbocycles. The predicted octanol–water partition coefficient (Wildman–Crippen LogP) is 3.33. The summed E-state index contributed by atoms with van der Waals surface area (Å²) in [7, 11) is 0. The van der Waals surface area contributed by atoms with Crippen LogP contribution in [-0.2, 0) is 0 Å². The summed E-state index contributed by atoms with van der Waals surface area (Å²) in [5.74, 6) is -0.420. The van der Waals surface area contributed by atoms with Crippen molar-refractivity contribution < 1.29 is 4.79 Å². The van der Waals surface area contributed by atoms with Gasteiger partial charge >= 0.3 is 0 Å². The van der Waals surface area contributed by atoms with Crippen molar-refractivity contribution in [3.05, 3.63) is 64.4 Å². The number of rotatable bonds is 3. The van der Waals surface area contributed by atoms with Crippen molar-refractivity contribution in [2.75, 3.05) is 5.32 Å². The highest BCUT2D eigenvalue weighted by Crippen LogP contribution is 2.28. The van der Waals surface area contributed by atoms with Gasteiger partial charge in [0.1, 0.15) is 6.33 Å². The molecule has 1 N–H and O–H groups in total. The number of carbonyl (C=O) groups is 1. The summed E-state index contributed by atoms with van der Waals surface area (Å²) >= 11 is 9.32. The summed E-state index contributed by atoms with van der Waals surface area (Å²) in [6.45, 7) is 0. The van der Waals surface area contributed by atoms with Crippen LogP contribution in [0.15, 0.2) is 53.5 Å². The Kier molecular flexibility index (Phi) is 4.17. The van der Waals surface area contributed by atoms with Crippen LogP contribution in [0.1, 0.15) is 10.6 Å². The van der Waals surface area contributed by atoms with E-state index >= 15 is 0 Å². The number of aromatic nitrogens is 4. The second-order valence-corrected chi connectivity index (χ2v) is 5.52. The second kappa shape index (κ2) is 6.25. The minimum absolute atomic E-state index is 0.0416. The van der Waals surface area contributed by atoms with Gasteiger partial charge in [-0.1, -0.05) is 29.8 Å². The molecule has 0 spiro atoms. The Bertz CT molecular complexity index is 821. The number of hydrogen-bond donors (Lipinski definition) is 1. The van der Waals surface area contributed by atoms with E-state index in [-0.39, 0.29) is 5.82 Å². The molecule has 0 atom stereocenters. The number of benzene rings is 1. The Morgan fingerprint density at radius 1 is 1.23 bits per heavy atom. The van der Waals surface area contributed by atoms with Gasteiger partial charge < -0.3 is 5.32 Å². The van der Waals surface area contributed by atoms with E-state index in [0.717, 1.165) is 5.69 Å². The van der Waals surface area contributed by atoms with Gasteiger partial charge in [-0.3, -0.25) is 9.78 Å². The van der Waals surface area contributed by atoms with Crippen LogP contribution in [0.25, 0.3) is 5.69 Å². The van der Waals surface area contributed by atoms with Crippen molar-refractivity contribution in [3.63, 3.8) is 0 Å². The first-order valence-corrected chi connectivity index (χ1v) is 7.39. The maximum atomic E-state index is 12.2. The molecule has 0 fully saturated rings. The standard InChI is InChI=1S/C14H9BrClN5O/c15-10-6-17-7-11(12(10)16)19-14(22)13-18-8-21(20-13)9-4-2-1-3-5-9/h1-8H,(H,19,22). The van der Waals surface area contributed by atoms with E-state index in [4.69, 9.17) is 11.6 Å². The quantitative estimate of drug-likeness (QED) is 0.759. The maximum Gasteiger partial charge on any atom is 0.295 e. The average Bonchev–Trinajstić information content (AvgIpc) is 3.03. The first kappa shape index (κ1) is 14.7. The summed E-state index contributed by atoms with van der Waals surface area (Å²) in [4.78, 5) is 20.1. The number of para-hydroxylation sites is 1. The molecular weight excluding hydrogens is 370 g/mol. The first-order chi connectivity index (χ1) is 10.6. The Morgan fingerprint density at radius 3 is 2.77 bits per heavy atom. The fourth-order valence-corrected chi connectivity index (χ4v) is 2.23. The summed E-state index contributed by atoms with van der Waals surface area (Å²) in [6.07, 6.45) is 4.48. The zero-order chi connectivity index (χ0) is 15.5. The smallest absolute Gasteiger partial charge is 0.295 e. The molecule has 0 unspecified atom stereocenters. The third-order valence-corrected chi connectivity index (χ3v) is 4.04. The van der Waals surface area contributed by atoms with E-state index in [0.29, 0.717) is 15.2 Å². The van der Waals surface area contributed by atoms with Crippen molar-refractivity contribution in [2.45, 2.75) is 0 Å². The fourth-order valence-electron chi connectivity index (χ4n) is 1.76. The molecule has 3 aromatic rings. The Hall–Kier alpha value is -2.25. The highest BCUT2D eigenvalue weighted by Gasteiger charge is 2.15. The van der Waals surface area contributed by atoms with Crippen molar-refractivity contribution >= 4 is 39.1 Å². The SMILES string of the molecule is O=C(Nc1cncc(Br)c1Cl)c1ncn(-c2ccccc2)n1. The summed E-state index contributed by atoms with van der Waals surface area (Å²) in [5, 5.41) is 7.14. The van der Waals surface area contributed by atoms with Gasteiger partial charge in [0.2, 0.25) is 5.82 Å². The first-order valence-electron chi connectivity index (χ1n) is 6.22. The Morgan fingerprint density at radius 2 is 2.00 bits per heavy atom. The number of amides is 1. The van der Waals surface area contributed by atoms with Crippen LogP contribution in [0, 0.1) is 0 Å². The maximum absolute atomic E-state index is 12.2. The average molecular weight is 379 g/mol. The van der Waals surface area contributed by atoms with Crippen molar-refractivity contribution in [1.29, 1.82) is 0 Å². The van der Waals surface area contributed by atoms with Gasteiger partial charge in [0.05, 0.1) is 27.1 Å². The van der Waals surface area contributed by atoms with E-state index < -0.39 is 5.91 Å². The summed E-state index contributed by atoms with van der Waals surface area (Å²) < 4.78 is 2.12. The fraction of sp³-hybridized carbons (Fsp3) is 0. The Balaban J connectivity index is 1.82. The van der Waals surface area contributed by atoms with Gasteiger partial charge in [0, 0.05) is 6.20 Å². The molecule has 8 heteroatoms. The number of hydrogen-bond acceptors (Lipinski definition) is 4. The Labute approximate surface area is 139 Å². The minimum Gasteiger partial charge on any atom is -0.317 e. The van der Waals surface area contributed by atoms with Gasteiger partial charge in [-0.2, -0.15) is 0 Å². The van der Waals surface area contributed by atoms with Crippen molar-refractivity contribution in [3.8, 4) is 5.69 Å². The highest BCUT2D eigenvalue weighted by atomic mass is 79.9. The topological polar surface area (TPSA) is 72.7 Å². The second-order valence-electron chi connectivity index (χ2n) is 4.29. The van der Waals surface area contributed by atoms with Crippen molar-refractivity contribution in [1.82, 2.24) is 19.7 Å². The molecule has 0 saturated carbocycles. The lowest BCUT2D eigenvalue weighted by Gasteiger charge is -2.05. The summed E-state index contributed by atoms with van der Waals surface area (Å²) in [6, 6.07) is 9.39. The van der Waals surface area contributed by atoms with E-state index in [2.05, 4.69) is 36.3 Å². The van der Waals surface area contributed by atoms with E-state index in [1.165, 1.54) is 17.2 Å². The lowest BCUT2D eigenvalue weighted by atomic mass is 10.3. The molecule has 22 heavy (non-hydrogen) atoms. The van der Waals surface area contributed by atoms with Crippen LogP contribution >= 0.6 is 27.5 Å². The molecule has 0 saturated heterocycles. The van der Waals surface area contributed by atoms with E-state index in [1.54, 1.807) is 6.20 Å². The number of anilines is 1. The van der Waals surface area contributed by atoms with Crippen molar-refractivity contribution in [2.24, 2.45) is 0 Å². The molecule has 0 bridgehead atoms. The molecule has 0 aliphatic heterocycles. The molecule has 1 aromatic carbocycles. The zero-order valence-corrected chi connectivity index (χ0v) is 13.4. The van der Waals surface area contributed by atoms with Crippen LogP contribution in [0.2, 0.25) is 5.02 Å². The number of nitrogens with one attached hydrogen (secondary N) is 1. The van der Waals surface area contributed by atoms with Gasteiger partial charge in [-0.15, -0.1) is 5.10 Å². The van der Waals surface area contributed by atoms with Crippen LogP contribution in [0.5, 0.6) is 0 Å². The molecule has 1 amide bonds. The monoisotopic (exact) mass is 377 g/mol. The molecule has 6 nitrogen and oxygen atoms in total. The normalized spacial score (nSPS) is 10.5. The van der Waals surface area contributed by atoms with Crippen LogP contribution < -0.4 is 5.32 Å². The lowest BCUT2D eigenvalue weighted by Crippen LogP contribution is -2.15. The summed E-state index contributed by atoms with van der Waals surface area (Å²) in [5.41, 5.74) is 1.20. The number of carbonyl (C=O) groups excluding carboxylic acids is 1. The van der Waals surface area contributed by atoms with Gasteiger partial charge in [0.25, 0.3) is 5.91 Å². The van der Waals surface area contributed by atoms with Crippen LogP contribution in [-0.4, -0.2) is 25.7 Å². The van der Waals surface area contributed by atoms with Crippen LogP contribution in [0.3, 0.4) is 0 Å². The lowest BCUT2D eigenvalue weighted by molar-refractivity contribution is 0.101. The van der Waals surface area contributed by atoms with Gasteiger partial charge in [-0.05, 0) is 28.1 Å². The molecule has 3 rings (SSSR count).